The molecular formula is C11H18N4O. The van der Waals surface area contributed by atoms with E-state index >= 15 is 0 Å². The van der Waals surface area contributed by atoms with E-state index in [0.717, 1.165) is 36.6 Å². The first-order valence-electron chi connectivity index (χ1n) is 5.61. The van der Waals surface area contributed by atoms with Gasteiger partial charge in [0.1, 0.15) is 11.6 Å². The lowest BCUT2D eigenvalue weighted by molar-refractivity contribution is 0.181. The van der Waals surface area contributed by atoms with Crippen LogP contribution in [0.5, 0.6) is 0 Å². The van der Waals surface area contributed by atoms with Crippen molar-refractivity contribution in [3.05, 3.63) is 17.1 Å². The average Bonchev–Trinajstić information content (AvgIpc) is 2.75. The number of aryl methyl sites for hydroxylation is 1. The van der Waals surface area contributed by atoms with Crippen LogP contribution in [0.25, 0.3) is 0 Å². The second-order valence-electron chi connectivity index (χ2n) is 4.21. The normalized spacial score (nSPS) is 15.9. The highest BCUT2D eigenvalue weighted by molar-refractivity contribution is 5.48. The van der Waals surface area contributed by atoms with Crippen molar-refractivity contribution in [2.45, 2.75) is 32.1 Å². The quantitative estimate of drug-likeness (QED) is 0.587. The third kappa shape index (κ3) is 2.01. The van der Waals surface area contributed by atoms with E-state index in [-0.39, 0.29) is 5.92 Å². The van der Waals surface area contributed by atoms with E-state index in [1.165, 1.54) is 5.56 Å². The Labute approximate surface area is 95.4 Å². The number of methoxy groups -OCH3 is 1. The summed E-state index contributed by atoms with van der Waals surface area (Å²) in [7, 11) is 1.69. The molecule has 0 spiro atoms. The lowest BCUT2D eigenvalue weighted by Crippen LogP contribution is -2.16. The number of fused-ring (bicyclic) bond motifs is 1. The predicted octanol–water partition coefficient (Wildman–Crippen LogP) is 1.00. The van der Waals surface area contributed by atoms with Gasteiger partial charge in [-0.3, -0.25) is 0 Å². The second kappa shape index (κ2) is 4.76. The minimum atomic E-state index is 0.197. The van der Waals surface area contributed by atoms with Gasteiger partial charge in [0.25, 0.3) is 0 Å². The molecule has 0 saturated carbocycles. The predicted molar refractivity (Wildman–Crippen MR) is 62.2 cm³/mol. The number of hydrazine groups is 1. The lowest BCUT2D eigenvalue weighted by atomic mass is 10.1. The van der Waals surface area contributed by atoms with Gasteiger partial charge < -0.3 is 10.2 Å². The van der Waals surface area contributed by atoms with Crippen LogP contribution in [0.4, 0.5) is 5.82 Å². The molecule has 0 amide bonds. The van der Waals surface area contributed by atoms with Crippen molar-refractivity contribution < 1.29 is 4.74 Å². The Bertz CT molecular complexity index is 380. The van der Waals surface area contributed by atoms with Gasteiger partial charge in [0.05, 0.1) is 6.61 Å². The summed E-state index contributed by atoms with van der Waals surface area (Å²) in [6.45, 7) is 2.68. The number of ether oxygens (including phenoxy) is 1. The van der Waals surface area contributed by atoms with E-state index in [0.29, 0.717) is 6.61 Å². The maximum Gasteiger partial charge on any atom is 0.147 e. The lowest BCUT2D eigenvalue weighted by Gasteiger charge is -2.13. The smallest absolute Gasteiger partial charge is 0.147 e. The number of nitrogens with zero attached hydrogens (tertiary/aromatic N) is 2. The molecule has 1 atom stereocenters. The molecule has 0 radical (unpaired) electrons. The van der Waals surface area contributed by atoms with Gasteiger partial charge >= 0.3 is 0 Å². The number of rotatable bonds is 4. The Balaban J connectivity index is 2.34. The molecule has 16 heavy (non-hydrogen) atoms. The molecule has 0 aromatic carbocycles. The third-order valence-corrected chi connectivity index (χ3v) is 2.94. The van der Waals surface area contributed by atoms with Crippen LogP contribution >= 0.6 is 0 Å². The van der Waals surface area contributed by atoms with Crippen molar-refractivity contribution in [3.8, 4) is 0 Å². The van der Waals surface area contributed by atoms with Gasteiger partial charge in [0.15, 0.2) is 0 Å². The summed E-state index contributed by atoms with van der Waals surface area (Å²) in [5.74, 6) is 7.28. The molecule has 1 unspecified atom stereocenters. The Kier molecular flexibility index (Phi) is 3.36. The summed E-state index contributed by atoms with van der Waals surface area (Å²) >= 11 is 0. The van der Waals surface area contributed by atoms with Crippen molar-refractivity contribution in [1.29, 1.82) is 0 Å². The highest BCUT2D eigenvalue weighted by Gasteiger charge is 2.20. The fraction of sp³-hybridized carbons (Fsp3) is 0.636. The maximum atomic E-state index is 5.49. The Morgan fingerprint density at radius 1 is 1.44 bits per heavy atom. The van der Waals surface area contributed by atoms with Crippen LogP contribution in [-0.2, 0) is 17.6 Å². The Morgan fingerprint density at radius 3 is 2.94 bits per heavy atom. The van der Waals surface area contributed by atoms with Crippen molar-refractivity contribution >= 4 is 5.82 Å². The van der Waals surface area contributed by atoms with E-state index in [1.54, 1.807) is 7.11 Å². The van der Waals surface area contributed by atoms with Gasteiger partial charge in [-0.15, -0.1) is 0 Å². The Morgan fingerprint density at radius 2 is 2.25 bits per heavy atom. The number of anilines is 1. The molecule has 0 aliphatic heterocycles. The summed E-state index contributed by atoms with van der Waals surface area (Å²) in [5, 5.41) is 0. The van der Waals surface area contributed by atoms with E-state index < -0.39 is 0 Å². The zero-order valence-electron chi connectivity index (χ0n) is 9.79. The van der Waals surface area contributed by atoms with E-state index in [4.69, 9.17) is 10.6 Å². The topological polar surface area (TPSA) is 73.1 Å². The van der Waals surface area contributed by atoms with Crippen molar-refractivity contribution in [3.63, 3.8) is 0 Å². The number of nitrogens with one attached hydrogen (secondary N) is 1. The number of nitrogens with two attached hydrogens (primary N) is 1. The molecule has 2 rings (SSSR count). The maximum absolute atomic E-state index is 5.49. The van der Waals surface area contributed by atoms with Crippen LogP contribution < -0.4 is 11.3 Å². The van der Waals surface area contributed by atoms with Crippen LogP contribution in [0, 0.1) is 0 Å². The summed E-state index contributed by atoms with van der Waals surface area (Å²) in [6, 6.07) is 0. The Hall–Kier alpha value is -1.20. The fourth-order valence-corrected chi connectivity index (χ4v) is 2.12. The molecule has 1 heterocycles. The number of hydrogen-bond acceptors (Lipinski definition) is 5. The first-order chi connectivity index (χ1) is 7.76. The molecule has 3 N–H and O–H groups in total. The van der Waals surface area contributed by atoms with Crippen molar-refractivity contribution in [2.75, 3.05) is 19.1 Å². The van der Waals surface area contributed by atoms with Gasteiger partial charge in [-0.1, -0.05) is 6.92 Å². The largest absolute Gasteiger partial charge is 0.384 e. The van der Waals surface area contributed by atoms with Gasteiger partial charge in [-0.2, -0.15) is 0 Å². The van der Waals surface area contributed by atoms with Gasteiger partial charge in [-0.05, 0) is 19.3 Å². The number of aromatic nitrogens is 2. The summed E-state index contributed by atoms with van der Waals surface area (Å²) in [4.78, 5) is 9.05. The monoisotopic (exact) mass is 222 g/mol. The van der Waals surface area contributed by atoms with Crippen molar-refractivity contribution in [1.82, 2.24) is 9.97 Å². The SMILES string of the molecule is COCC(C)c1nc2c(c(NN)n1)CCC2. The molecule has 0 saturated heterocycles. The van der Waals surface area contributed by atoms with Crippen molar-refractivity contribution in [2.24, 2.45) is 5.84 Å². The standard InChI is InChI=1S/C11H18N4O/c1-7(6-16-2)10-13-9-5-3-4-8(9)11(14-10)15-12/h7H,3-6,12H2,1-2H3,(H,13,14,15). The molecule has 1 aromatic heterocycles. The van der Waals surface area contributed by atoms with Gasteiger partial charge in [0, 0.05) is 24.3 Å². The molecule has 1 aromatic rings. The molecule has 0 fully saturated rings. The second-order valence-corrected chi connectivity index (χ2v) is 4.21. The first-order valence-corrected chi connectivity index (χ1v) is 5.61. The number of nitrogen functional groups attached to an aromatic ring is 1. The van der Waals surface area contributed by atoms with Gasteiger partial charge in [-0.25, -0.2) is 15.8 Å². The van der Waals surface area contributed by atoms with E-state index in [1.807, 2.05) is 0 Å². The molecule has 88 valence electrons. The average molecular weight is 222 g/mol. The molecule has 0 bridgehead atoms. The zero-order valence-corrected chi connectivity index (χ0v) is 9.79. The highest BCUT2D eigenvalue weighted by Crippen LogP contribution is 2.27. The molecular weight excluding hydrogens is 204 g/mol. The molecule has 1 aliphatic carbocycles. The van der Waals surface area contributed by atoms with Crippen LogP contribution in [0.15, 0.2) is 0 Å². The molecule has 5 nitrogen and oxygen atoms in total. The van der Waals surface area contributed by atoms with Crippen LogP contribution in [0.2, 0.25) is 0 Å². The van der Waals surface area contributed by atoms with Crippen LogP contribution in [0.1, 0.15) is 36.3 Å². The summed E-state index contributed by atoms with van der Waals surface area (Å²) < 4.78 is 5.12. The number of hydrogen-bond donors (Lipinski definition) is 2. The summed E-state index contributed by atoms with van der Waals surface area (Å²) in [6.07, 6.45) is 3.19. The minimum absolute atomic E-state index is 0.197. The van der Waals surface area contributed by atoms with Crippen LogP contribution in [-0.4, -0.2) is 23.7 Å². The highest BCUT2D eigenvalue weighted by atomic mass is 16.5. The zero-order chi connectivity index (χ0) is 11.5. The molecule has 1 aliphatic rings. The first kappa shape index (κ1) is 11.3. The van der Waals surface area contributed by atoms with Gasteiger partial charge in [0.2, 0.25) is 0 Å². The fourth-order valence-electron chi connectivity index (χ4n) is 2.12. The minimum Gasteiger partial charge on any atom is -0.384 e. The molecule has 5 heteroatoms. The summed E-state index contributed by atoms with van der Waals surface area (Å²) in [5.41, 5.74) is 4.99. The van der Waals surface area contributed by atoms with E-state index in [9.17, 15) is 0 Å². The van der Waals surface area contributed by atoms with E-state index in [2.05, 4.69) is 22.3 Å². The third-order valence-electron chi connectivity index (χ3n) is 2.94. The van der Waals surface area contributed by atoms with Crippen LogP contribution in [0.3, 0.4) is 0 Å².